The van der Waals surface area contributed by atoms with E-state index in [1.807, 2.05) is 0 Å². The second kappa shape index (κ2) is 7.06. The number of aliphatic hydroxyl groups is 1. The summed E-state index contributed by atoms with van der Waals surface area (Å²) in [6.07, 6.45) is 0.836. The van der Waals surface area contributed by atoms with Gasteiger partial charge < -0.3 is 20.3 Å². The number of amides is 2. The van der Waals surface area contributed by atoms with Crippen LogP contribution in [0.1, 0.15) is 17.4 Å². The van der Waals surface area contributed by atoms with Crippen LogP contribution in [0.2, 0.25) is 0 Å². The van der Waals surface area contributed by atoms with Crippen LogP contribution in [0.3, 0.4) is 0 Å². The van der Waals surface area contributed by atoms with E-state index >= 15 is 0 Å². The zero-order chi connectivity index (χ0) is 17.0. The number of nitrogens with one attached hydrogen (secondary N) is 2. The minimum Gasteiger partial charge on any atom is -0.385 e. The van der Waals surface area contributed by atoms with Gasteiger partial charge in [-0.1, -0.05) is 6.07 Å². The maximum Gasteiger partial charge on any atom is 0.313 e. The van der Waals surface area contributed by atoms with Crippen LogP contribution in [0.5, 0.6) is 0 Å². The van der Waals surface area contributed by atoms with E-state index in [2.05, 4.69) is 10.6 Å². The number of hydrogen-bond donors (Lipinski definition) is 3. The van der Waals surface area contributed by atoms with Crippen LogP contribution in [0.25, 0.3) is 0 Å². The van der Waals surface area contributed by atoms with Crippen molar-refractivity contribution in [2.45, 2.75) is 13.0 Å². The number of aromatic nitrogens is 1. The largest absolute Gasteiger partial charge is 0.385 e. The zero-order valence-corrected chi connectivity index (χ0v) is 12.8. The summed E-state index contributed by atoms with van der Waals surface area (Å²) in [6, 6.07) is 7.62. The van der Waals surface area contributed by atoms with Gasteiger partial charge in [0, 0.05) is 31.2 Å². The third-order valence-electron chi connectivity index (χ3n) is 3.42. The minimum absolute atomic E-state index is 0.105. The highest BCUT2D eigenvalue weighted by Gasteiger charge is 2.17. The van der Waals surface area contributed by atoms with E-state index in [-0.39, 0.29) is 12.2 Å². The molecule has 2 aromatic rings. The molecule has 0 fully saturated rings. The molecular formula is C16H18FN3O3. The first kappa shape index (κ1) is 16.7. The Labute approximate surface area is 132 Å². The van der Waals surface area contributed by atoms with Crippen molar-refractivity contribution in [3.63, 3.8) is 0 Å². The molecule has 2 amide bonds. The van der Waals surface area contributed by atoms with Crippen LogP contribution < -0.4 is 10.6 Å². The molecule has 6 nitrogen and oxygen atoms in total. The molecule has 1 aromatic carbocycles. The minimum atomic E-state index is -0.927. The average Bonchev–Trinajstić information content (AvgIpc) is 2.94. The lowest BCUT2D eigenvalue weighted by Crippen LogP contribution is -2.37. The maximum absolute atomic E-state index is 13.4. The Morgan fingerprint density at radius 3 is 2.65 bits per heavy atom. The van der Waals surface area contributed by atoms with E-state index in [1.54, 1.807) is 36.9 Å². The quantitative estimate of drug-likeness (QED) is 0.742. The molecule has 0 aliphatic rings. The van der Waals surface area contributed by atoms with E-state index in [4.69, 9.17) is 0 Å². The van der Waals surface area contributed by atoms with E-state index in [9.17, 15) is 19.1 Å². The van der Waals surface area contributed by atoms with Gasteiger partial charge in [0.05, 0.1) is 0 Å². The van der Waals surface area contributed by atoms with Gasteiger partial charge in [-0.2, -0.15) is 0 Å². The zero-order valence-electron chi connectivity index (χ0n) is 12.8. The summed E-state index contributed by atoms with van der Waals surface area (Å²) >= 11 is 0. The van der Waals surface area contributed by atoms with E-state index in [0.717, 1.165) is 6.07 Å². The first-order valence-corrected chi connectivity index (χ1v) is 7.03. The molecule has 3 N–H and O–H groups in total. The summed E-state index contributed by atoms with van der Waals surface area (Å²) in [5.74, 6) is -2.30. The summed E-state index contributed by atoms with van der Waals surface area (Å²) in [4.78, 5) is 23.5. The standard InChI is InChI=1S/C16H18FN3O3/c1-10-5-6-11(8-12(10)17)19-16(23)15(22)18-9-14(21)13-4-3-7-20(13)2/h3-8,14,21H,9H2,1-2H3,(H,18,22)(H,19,23). The molecule has 1 unspecified atom stereocenters. The predicted molar refractivity (Wildman–Crippen MR) is 83.1 cm³/mol. The van der Waals surface area contributed by atoms with Gasteiger partial charge in [-0.3, -0.25) is 9.59 Å². The Morgan fingerprint density at radius 2 is 2.04 bits per heavy atom. The molecule has 1 heterocycles. The lowest BCUT2D eigenvalue weighted by atomic mass is 10.2. The van der Waals surface area contributed by atoms with Gasteiger partial charge in [0.2, 0.25) is 0 Å². The molecule has 0 spiro atoms. The lowest BCUT2D eigenvalue weighted by Gasteiger charge is -2.13. The highest BCUT2D eigenvalue weighted by Crippen LogP contribution is 2.14. The Balaban J connectivity index is 1.89. The molecule has 0 aliphatic carbocycles. The van der Waals surface area contributed by atoms with Gasteiger partial charge in [0.1, 0.15) is 11.9 Å². The molecule has 0 aliphatic heterocycles. The summed E-state index contributed by atoms with van der Waals surface area (Å²) in [7, 11) is 1.76. The number of nitrogens with zero attached hydrogens (tertiary/aromatic N) is 1. The highest BCUT2D eigenvalue weighted by atomic mass is 19.1. The molecule has 122 valence electrons. The average molecular weight is 319 g/mol. The molecule has 0 bridgehead atoms. The number of anilines is 1. The molecule has 0 saturated carbocycles. The van der Waals surface area contributed by atoms with Crippen molar-refractivity contribution in [2.75, 3.05) is 11.9 Å². The smallest absolute Gasteiger partial charge is 0.313 e. The van der Waals surface area contributed by atoms with Crippen molar-refractivity contribution in [2.24, 2.45) is 7.05 Å². The summed E-state index contributed by atoms with van der Waals surface area (Å²) < 4.78 is 15.1. The van der Waals surface area contributed by atoms with Crippen molar-refractivity contribution in [1.29, 1.82) is 0 Å². The summed E-state index contributed by atoms with van der Waals surface area (Å²) in [5, 5.41) is 14.6. The van der Waals surface area contributed by atoms with Crippen LogP contribution in [0.4, 0.5) is 10.1 Å². The maximum atomic E-state index is 13.4. The second-order valence-corrected chi connectivity index (χ2v) is 5.19. The van der Waals surface area contributed by atoms with Crippen LogP contribution in [-0.2, 0) is 16.6 Å². The Morgan fingerprint density at radius 1 is 1.30 bits per heavy atom. The Hall–Kier alpha value is -2.67. The van der Waals surface area contributed by atoms with E-state index < -0.39 is 23.7 Å². The molecule has 1 atom stereocenters. The molecule has 2 rings (SSSR count). The number of carbonyl (C=O) groups excluding carboxylic acids is 2. The second-order valence-electron chi connectivity index (χ2n) is 5.19. The Kier molecular flexibility index (Phi) is 5.13. The van der Waals surface area contributed by atoms with Gasteiger partial charge >= 0.3 is 11.8 Å². The SMILES string of the molecule is Cc1ccc(NC(=O)C(=O)NCC(O)c2cccn2C)cc1F. The monoisotopic (exact) mass is 319 g/mol. The lowest BCUT2D eigenvalue weighted by molar-refractivity contribution is -0.136. The van der Waals surface area contributed by atoms with Gasteiger partial charge in [0.15, 0.2) is 0 Å². The normalized spacial score (nSPS) is 11.8. The van der Waals surface area contributed by atoms with E-state index in [0.29, 0.717) is 11.3 Å². The predicted octanol–water partition coefficient (Wildman–Crippen LogP) is 1.26. The van der Waals surface area contributed by atoms with E-state index in [1.165, 1.54) is 12.1 Å². The van der Waals surface area contributed by atoms with Gasteiger partial charge in [-0.15, -0.1) is 0 Å². The van der Waals surface area contributed by atoms with Crippen molar-refractivity contribution in [3.8, 4) is 0 Å². The van der Waals surface area contributed by atoms with Crippen LogP contribution >= 0.6 is 0 Å². The number of carbonyl (C=O) groups is 2. The van der Waals surface area contributed by atoms with Gasteiger partial charge in [-0.25, -0.2) is 4.39 Å². The number of hydrogen-bond acceptors (Lipinski definition) is 3. The molecule has 7 heteroatoms. The topological polar surface area (TPSA) is 83.4 Å². The summed E-state index contributed by atoms with van der Waals surface area (Å²) in [5.41, 5.74) is 1.25. The van der Waals surface area contributed by atoms with Gasteiger partial charge in [-0.05, 0) is 36.8 Å². The fraction of sp³-hybridized carbons (Fsp3) is 0.250. The first-order chi connectivity index (χ1) is 10.9. The van der Waals surface area contributed by atoms with Gasteiger partial charge in [0.25, 0.3) is 0 Å². The number of aryl methyl sites for hydroxylation is 2. The summed E-state index contributed by atoms with van der Waals surface area (Å²) in [6.45, 7) is 1.49. The van der Waals surface area contributed by atoms with Crippen molar-refractivity contribution in [1.82, 2.24) is 9.88 Å². The first-order valence-electron chi connectivity index (χ1n) is 7.03. The Bertz CT molecular complexity index is 727. The highest BCUT2D eigenvalue weighted by molar-refractivity contribution is 6.39. The van der Waals surface area contributed by atoms with Crippen LogP contribution in [0, 0.1) is 12.7 Å². The number of benzene rings is 1. The van der Waals surface area contributed by atoms with Crippen LogP contribution in [-0.4, -0.2) is 28.0 Å². The molecule has 0 radical (unpaired) electrons. The molecule has 0 saturated heterocycles. The van der Waals surface area contributed by atoms with Crippen LogP contribution in [0.15, 0.2) is 36.5 Å². The fourth-order valence-electron chi connectivity index (χ4n) is 2.05. The number of aliphatic hydroxyl groups excluding tert-OH is 1. The van der Waals surface area contributed by atoms with Crippen molar-refractivity contribution < 1.29 is 19.1 Å². The third kappa shape index (κ3) is 4.17. The third-order valence-corrected chi connectivity index (χ3v) is 3.42. The molecule has 1 aromatic heterocycles. The van der Waals surface area contributed by atoms with Crippen molar-refractivity contribution >= 4 is 17.5 Å². The molecule has 23 heavy (non-hydrogen) atoms. The van der Waals surface area contributed by atoms with Crippen molar-refractivity contribution in [3.05, 3.63) is 53.6 Å². The number of halogens is 1. The molecular weight excluding hydrogens is 301 g/mol. The fourth-order valence-corrected chi connectivity index (χ4v) is 2.05. The number of rotatable bonds is 4.